The van der Waals surface area contributed by atoms with Crippen LogP contribution < -0.4 is 20.9 Å². The van der Waals surface area contributed by atoms with Gasteiger partial charge in [0.2, 0.25) is 0 Å². The number of nitrogens with two attached hydrogens (primary N) is 1. The number of carbonyl (C=O) groups is 2. The fraction of sp³-hybridized carbons (Fsp3) is 0.913. The number of rotatable bonds is 3. The highest BCUT2D eigenvalue weighted by molar-refractivity contribution is 6.07. The van der Waals surface area contributed by atoms with Gasteiger partial charge in [0.15, 0.2) is 0 Å². The second-order valence-corrected chi connectivity index (χ2v) is 11.7. The fourth-order valence-electron chi connectivity index (χ4n) is 4.50. The number of urea groups is 1. The smallest absolute Gasteiger partial charge is 0.322 e. The summed E-state index contributed by atoms with van der Waals surface area (Å²) in [5.74, 6) is 1.58. The van der Waals surface area contributed by atoms with Crippen LogP contribution in [-0.2, 0) is 4.79 Å². The van der Waals surface area contributed by atoms with Crippen LogP contribution in [0.4, 0.5) is 4.79 Å². The minimum absolute atomic E-state index is 0.0449. The molecule has 0 radical (unpaired) electrons. The second-order valence-electron chi connectivity index (χ2n) is 11.7. The number of carbonyl (C=O) groups excluding carboxylic acids is 2. The highest BCUT2D eigenvalue weighted by Crippen LogP contribution is 2.32. The molecule has 3 amide bonds. The fourth-order valence-corrected chi connectivity index (χ4v) is 4.50. The molecule has 0 aromatic carbocycles. The van der Waals surface area contributed by atoms with E-state index in [4.69, 9.17) is 0 Å². The summed E-state index contributed by atoms with van der Waals surface area (Å²) in [6.45, 7) is 21.9. The van der Waals surface area contributed by atoms with Crippen molar-refractivity contribution >= 4 is 11.9 Å². The van der Waals surface area contributed by atoms with E-state index in [1.54, 1.807) is 0 Å². The molecule has 2 saturated heterocycles. The van der Waals surface area contributed by atoms with Crippen molar-refractivity contribution in [2.75, 3.05) is 14.1 Å². The van der Waals surface area contributed by atoms with Crippen molar-refractivity contribution in [2.24, 2.45) is 11.8 Å². The summed E-state index contributed by atoms with van der Waals surface area (Å²) < 4.78 is 0. The van der Waals surface area contributed by atoms with Crippen molar-refractivity contribution < 1.29 is 19.8 Å². The van der Waals surface area contributed by atoms with Gasteiger partial charge < -0.3 is 15.5 Å². The first-order valence-corrected chi connectivity index (χ1v) is 11.2. The summed E-state index contributed by atoms with van der Waals surface area (Å²) in [5.41, 5.74) is -0.799. The van der Waals surface area contributed by atoms with E-state index in [-0.39, 0.29) is 23.0 Å². The molecular formula is C23H50N4O2+2. The molecule has 0 bridgehead atoms. The van der Waals surface area contributed by atoms with Gasteiger partial charge in [-0.1, -0.05) is 27.7 Å². The van der Waals surface area contributed by atoms with Gasteiger partial charge in [-0.25, -0.2) is 4.79 Å². The molecule has 0 aliphatic carbocycles. The highest BCUT2D eigenvalue weighted by atomic mass is 16.2. The number of hydrogen-bond acceptors (Lipinski definition) is 2. The van der Waals surface area contributed by atoms with E-state index in [1.165, 1.54) is 11.3 Å². The Bertz CT molecular complexity index is 509. The molecule has 5 N–H and O–H groups in total. The minimum atomic E-state index is -0.709. The molecule has 1 spiro atoms. The maximum atomic E-state index is 11.9. The molecule has 6 heteroatoms. The van der Waals surface area contributed by atoms with Crippen LogP contribution in [0.3, 0.4) is 0 Å². The van der Waals surface area contributed by atoms with Crippen LogP contribution in [0.5, 0.6) is 0 Å². The SMILES string of the molecule is CC(C)CC(C)C.CC(C)[NH+](C)C.CC1(C)CC2(CC(C)(C)[NH2+]1)NC(=O)NC2=O. The molecule has 2 aliphatic rings. The number of hydrogen-bond donors (Lipinski definition) is 4. The van der Waals surface area contributed by atoms with Gasteiger partial charge in [0.25, 0.3) is 5.91 Å². The molecule has 0 atom stereocenters. The van der Waals surface area contributed by atoms with Gasteiger partial charge in [-0.3, -0.25) is 10.1 Å². The lowest BCUT2D eigenvalue weighted by molar-refractivity contribution is -0.881. The summed E-state index contributed by atoms with van der Waals surface area (Å²) in [6.07, 6.45) is 2.70. The van der Waals surface area contributed by atoms with Gasteiger partial charge in [0.05, 0.1) is 31.2 Å². The lowest BCUT2D eigenvalue weighted by Gasteiger charge is -2.46. The summed E-state index contributed by atoms with van der Waals surface area (Å²) in [4.78, 5) is 24.7. The van der Waals surface area contributed by atoms with Crippen molar-refractivity contribution in [3.8, 4) is 0 Å². The Morgan fingerprint density at radius 1 is 0.897 bits per heavy atom. The monoisotopic (exact) mass is 414 g/mol. The van der Waals surface area contributed by atoms with Crippen molar-refractivity contribution in [1.29, 1.82) is 0 Å². The standard InChI is InChI=1S/C11H19N3O2.C7H16.C5H13N/c1-9(2)5-11(6-10(3,4)14-9)7(15)12-8(16)13-11;1-6(2)5-7(3)4;1-5(2)6(3)4/h14H,5-6H2,1-4H3,(H2,12,13,15,16);6-7H,5H2,1-4H3;5H,1-4H3/p+2. The van der Waals surface area contributed by atoms with Crippen LogP contribution in [0.25, 0.3) is 0 Å². The molecule has 2 fully saturated rings. The topological polar surface area (TPSA) is 79.2 Å². The van der Waals surface area contributed by atoms with E-state index in [0.29, 0.717) is 12.8 Å². The predicted molar refractivity (Wildman–Crippen MR) is 121 cm³/mol. The van der Waals surface area contributed by atoms with Gasteiger partial charge >= 0.3 is 6.03 Å². The third-order valence-corrected chi connectivity index (χ3v) is 5.41. The molecular weight excluding hydrogens is 364 g/mol. The Balaban J connectivity index is 0.000000503. The summed E-state index contributed by atoms with van der Waals surface area (Å²) in [5, 5.41) is 7.44. The molecule has 0 unspecified atom stereocenters. The van der Waals surface area contributed by atoms with Gasteiger partial charge in [0.1, 0.15) is 5.54 Å². The van der Waals surface area contributed by atoms with Crippen LogP contribution >= 0.6 is 0 Å². The van der Waals surface area contributed by atoms with Crippen LogP contribution in [0.15, 0.2) is 0 Å². The van der Waals surface area contributed by atoms with Crippen LogP contribution in [-0.4, -0.2) is 48.7 Å². The average molecular weight is 415 g/mol. The van der Waals surface area contributed by atoms with Gasteiger partial charge in [0, 0.05) is 12.8 Å². The Hall–Kier alpha value is -1.14. The zero-order chi connectivity index (χ0) is 23.2. The third-order valence-electron chi connectivity index (χ3n) is 5.41. The molecule has 0 saturated carbocycles. The average Bonchev–Trinajstić information content (AvgIpc) is 2.67. The Labute approximate surface area is 180 Å². The molecule has 2 aliphatic heterocycles. The zero-order valence-electron chi connectivity index (χ0n) is 21.2. The highest BCUT2D eigenvalue weighted by Gasteiger charge is 2.58. The van der Waals surface area contributed by atoms with Gasteiger partial charge in [-0.05, 0) is 59.8 Å². The number of nitrogens with one attached hydrogen (secondary N) is 3. The van der Waals surface area contributed by atoms with Gasteiger partial charge in [-0.2, -0.15) is 0 Å². The Kier molecular flexibility index (Phi) is 10.3. The molecule has 0 aromatic heterocycles. The largest absolute Gasteiger partial charge is 0.338 e. The molecule has 0 aromatic rings. The van der Waals surface area contributed by atoms with Crippen molar-refractivity contribution in [1.82, 2.24) is 10.6 Å². The Morgan fingerprint density at radius 3 is 1.48 bits per heavy atom. The van der Waals surface area contributed by atoms with E-state index in [0.717, 1.165) is 17.9 Å². The molecule has 172 valence electrons. The van der Waals surface area contributed by atoms with E-state index in [1.807, 2.05) is 0 Å². The molecule has 6 nitrogen and oxygen atoms in total. The van der Waals surface area contributed by atoms with E-state index < -0.39 is 5.54 Å². The summed E-state index contributed by atoms with van der Waals surface area (Å²) in [7, 11) is 4.31. The van der Waals surface area contributed by atoms with Gasteiger partial charge in [-0.15, -0.1) is 0 Å². The predicted octanol–water partition coefficient (Wildman–Crippen LogP) is 1.71. The maximum absolute atomic E-state index is 11.9. The summed E-state index contributed by atoms with van der Waals surface area (Å²) in [6, 6.07) is 0.406. The molecule has 2 rings (SSSR count). The van der Waals surface area contributed by atoms with E-state index in [9.17, 15) is 9.59 Å². The number of imide groups is 1. The summed E-state index contributed by atoms with van der Waals surface area (Å²) >= 11 is 0. The van der Waals surface area contributed by atoms with Crippen molar-refractivity contribution in [3.63, 3.8) is 0 Å². The molecule has 29 heavy (non-hydrogen) atoms. The van der Waals surface area contributed by atoms with Crippen LogP contribution in [0.1, 0.15) is 88.5 Å². The lowest BCUT2D eigenvalue weighted by Crippen LogP contribution is -3.09. The van der Waals surface area contributed by atoms with Crippen LogP contribution in [0, 0.1) is 11.8 Å². The number of amides is 3. The Morgan fingerprint density at radius 2 is 1.28 bits per heavy atom. The van der Waals surface area contributed by atoms with E-state index >= 15 is 0 Å². The van der Waals surface area contributed by atoms with Crippen LogP contribution in [0.2, 0.25) is 0 Å². The maximum Gasteiger partial charge on any atom is 0.322 e. The first-order chi connectivity index (χ1) is 12.9. The second kappa shape index (κ2) is 10.8. The normalized spacial score (nSPS) is 21.5. The molecule has 2 heterocycles. The minimum Gasteiger partial charge on any atom is -0.338 e. The zero-order valence-corrected chi connectivity index (χ0v) is 21.2. The van der Waals surface area contributed by atoms with Crippen molar-refractivity contribution in [2.45, 2.75) is 111 Å². The van der Waals surface area contributed by atoms with Crippen molar-refractivity contribution in [3.05, 3.63) is 0 Å². The first-order valence-electron chi connectivity index (χ1n) is 11.2. The van der Waals surface area contributed by atoms with E-state index in [2.05, 4.69) is 99.3 Å². The lowest BCUT2D eigenvalue weighted by atomic mass is 9.71. The first kappa shape index (κ1) is 27.9. The number of quaternary nitrogens is 2. The quantitative estimate of drug-likeness (QED) is 0.531. The third kappa shape index (κ3) is 10.4. The number of piperidine rings is 1.